The quantitative estimate of drug-likeness (QED) is 0.851. The number of halogens is 2. The number of benzene rings is 1. The lowest BCUT2D eigenvalue weighted by Gasteiger charge is -2.26. The third-order valence-electron chi connectivity index (χ3n) is 3.29. The van der Waals surface area contributed by atoms with Crippen LogP contribution in [0.2, 0.25) is 0 Å². The van der Waals surface area contributed by atoms with Gasteiger partial charge in [0.2, 0.25) is 0 Å². The first-order valence-electron chi connectivity index (χ1n) is 6.00. The molecule has 2 N–H and O–H groups in total. The van der Waals surface area contributed by atoms with Gasteiger partial charge in [-0.3, -0.25) is 0 Å². The van der Waals surface area contributed by atoms with Crippen molar-refractivity contribution in [3.8, 4) is 0 Å². The lowest BCUT2D eigenvalue weighted by molar-refractivity contribution is 0.116. The lowest BCUT2D eigenvalue weighted by atomic mass is 9.93. The van der Waals surface area contributed by atoms with Gasteiger partial charge in [0.1, 0.15) is 11.6 Å². The highest BCUT2D eigenvalue weighted by Crippen LogP contribution is 2.19. The Hall–Kier alpha value is -1.00. The Balaban J connectivity index is 1.85. The predicted molar refractivity (Wildman–Crippen MR) is 61.5 cm³/mol. The topological polar surface area (TPSA) is 32.3 Å². The minimum absolute atomic E-state index is 0.185. The average molecular weight is 241 g/mol. The normalized spacial score (nSPS) is 24.9. The van der Waals surface area contributed by atoms with Crippen LogP contribution in [-0.2, 0) is 6.54 Å². The summed E-state index contributed by atoms with van der Waals surface area (Å²) >= 11 is 0. The summed E-state index contributed by atoms with van der Waals surface area (Å²) in [7, 11) is 0. The van der Waals surface area contributed by atoms with Crippen LogP contribution in [0.1, 0.15) is 31.2 Å². The Kier molecular flexibility index (Phi) is 4.07. The first-order valence-corrected chi connectivity index (χ1v) is 6.00. The molecule has 0 heterocycles. The molecule has 0 unspecified atom stereocenters. The molecule has 1 aliphatic carbocycles. The molecule has 2 nitrogen and oxygen atoms in total. The maximum atomic E-state index is 13.3. The molecule has 0 saturated heterocycles. The summed E-state index contributed by atoms with van der Waals surface area (Å²) in [6.07, 6.45) is 3.22. The molecule has 2 rings (SSSR count). The number of hydrogen-bond acceptors (Lipinski definition) is 2. The third kappa shape index (κ3) is 3.48. The van der Waals surface area contributed by atoms with Gasteiger partial charge < -0.3 is 10.4 Å². The second-order valence-corrected chi connectivity index (χ2v) is 4.62. The summed E-state index contributed by atoms with van der Waals surface area (Å²) in [6.45, 7) is 0.410. The van der Waals surface area contributed by atoms with Gasteiger partial charge in [-0.25, -0.2) is 8.78 Å². The van der Waals surface area contributed by atoms with E-state index in [1.165, 1.54) is 12.1 Å². The largest absolute Gasteiger partial charge is 0.393 e. The molecule has 0 bridgehead atoms. The van der Waals surface area contributed by atoms with Gasteiger partial charge in [0.25, 0.3) is 0 Å². The van der Waals surface area contributed by atoms with E-state index in [2.05, 4.69) is 5.32 Å². The summed E-state index contributed by atoms with van der Waals surface area (Å²) in [5.41, 5.74) is 0.484. The Bertz CT molecular complexity index is 376. The second kappa shape index (κ2) is 5.56. The molecule has 1 fully saturated rings. The van der Waals surface area contributed by atoms with Crippen LogP contribution in [-0.4, -0.2) is 17.3 Å². The highest BCUT2D eigenvalue weighted by atomic mass is 19.1. The minimum Gasteiger partial charge on any atom is -0.393 e. The molecule has 4 heteroatoms. The van der Waals surface area contributed by atoms with E-state index in [1.807, 2.05) is 0 Å². The number of aliphatic hydroxyl groups excluding tert-OH is 1. The van der Waals surface area contributed by atoms with Crippen molar-refractivity contribution >= 4 is 0 Å². The van der Waals surface area contributed by atoms with Gasteiger partial charge in [0.05, 0.1) is 6.10 Å². The third-order valence-corrected chi connectivity index (χ3v) is 3.29. The molecule has 0 spiro atoms. The predicted octanol–water partition coefficient (Wildman–Crippen LogP) is 2.36. The molecular formula is C13H17F2NO. The minimum atomic E-state index is -0.549. The highest BCUT2D eigenvalue weighted by molar-refractivity contribution is 5.18. The van der Waals surface area contributed by atoms with E-state index in [0.717, 1.165) is 31.7 Å². The molecule has 0 radical (unpaired) electrons. The van der Waals surface area contributed by atoms with Crippen molar-refractivity contribution in [2.24, 2.45) is 0 Å². The fourth-order valence-electron chi connectivity index (χ4n) is 2.20. The average Bonchev–Trinajstić information content (AvgIpc) is 2.30. The van der Waals surface area contributed by atoms with Gasteiger partial charge in [0.15, 0.2) is 0 Å². The maximum absolute atomic E-state index is 13.3. The SMILES string of the molecule is OC1CCC(NCc2ccc(F)cc2F)CC1. The van der Waals surface area contributed by atoms with Crippen molar-refractivity contribution in [1.82, 2.24) is 5.32 Å². The zero-order valence-electron chi connectivity index (χ0n) is 9.63. The summed E-state index contributed by atoms with van der Waals surface area (Å²) in [6, 6.07) is 3.96. The zero-order chi connectivity index (χ0) is 12.3. The van der Waals surface area contributed by atoms with Crippen LogP contribution in [0.4, 0.5) is 8.78 Å². The van der Waals surface area contributed by atoms with E-state index < -0.39 is 11.6 Å². The van der Waals surface area contributed by atoms with Crippen LogP contribution in [0.25, 0.3) is 0 Å². The summed E-state index contributed by atoms with van der Waals surface area (Å²) in [4.78, 5) is 0. The number of rotatable bonds is 3. The van der Waals surface area contributed by atoms with Gasteiger partial charge in [-0.15, -0.1) is 0 Å². The van der Waals surface area contributed by atoms with Gasteiger partial charge in [-0.1, -0.05) is 6.07 Å². The Labute approximate surface area is 99.7 Å². The van der Waals surface area contributed by atoms with E-state index in [1.54, 1.807) is 0 Å². The van der Waals surface area contributed by atoms with Crippen molar-refractivity contribution in [3.05, 3.63) is 35.4 Å². The van der Waals surface area contributed by atoms with E-state index in [-0.39, 0.29) is 6.10 Å². The first-order chi connectivity index (χ1) is 8.15. The number of aliphatic hydroxyl groups is 1. The molecule has 17 heavy (non-hydrogen) atoms. The van der Waals surface area contributed by atoms with Gasteiger partial charge in [-0.2, -0.15) is 0 Å². The van der Waals surface area contributed by atoms with Crippen LogP contribution in [0.3, 0.4) is 0 Å². The Morgan fingerprint density at radius 2 is 1.88 bits per heavy atom. The van der Waals surface area contributed by atoms with Crippen molar-refractivity contribution in [3.63, 3.8) is 0 Å². The Morgan fingerprint density at radius 3 is 2.53 bits per heavy atom. The number of hydrogen-bond donors (Lipinski definition) is 2. The van der Waals surface area contributed by atoms with E-state index in [4.69, 9.17) is 0 Å². The van der Waals surface area contributed by atoms with Crippen molar-refractivity contribution in [2.75, 3.05) is 0 Å². The van der Waals surface area contributed by atoms with E-state index in [0.29, 0.717) is 18.2 Å². The van der Waals surface area contributed by atoms with Gasteiger partial charge >= 0.3 is 0 Å². The summed E-state index contributed by atoms with van der Waals surface area (Å²) in [5.74, 6) is -1.06. The molecule has 1 aliphatic rings. The van der Waals surface area contributed by atoms with Crippen LogP contribution in [0, 0.1) is 11.6 Å². The van der Waals surface area contributed by atoms with Crippen LogP contribution < -0.4 is 5.32 Å². The molecular weight excluding hydrogens is 224 g/mol. The van der Waals surface area contributed by atoms with Crippen molar-refractivity contribution < 1.29 is 13.9 Å². The van der Waals surface area contributed by atoms with Crippen LogP contribution in [0.15, 0.2) is 18.2 Å². The monoisotopic (exact) mass is 241 g/mol. The van der Waals surface area contributed by atoms with Crippen LogP contribution >= 0.6 is 0 Å². The molecule has 1 aromatic rings. The zero-order valence-corrected chi connectivity index (χ0v) is 9.63. The van der Waals surface area contributed by atoms with Gasteiger partial charge in [0, 0.05) is 24.2 Å². The summed E-state index contributed by atoms with van der Waals surface area (Å²) in [5, 5.41) is 12.6. The standard InChI is InChI=1S/C13H17F2NO/c14-10-2-1-9(13(15)7-10)8-16-11-3-5-12(17)6-4-11/h1-2,7,11-12,16-17H,3-6,8H2. The van der Waals surface area contributed by atoms with Crippen molar-refractivity contribution in [2.45, 2.75) is 44.4 Å². The molecule has 0 aliphatic heterocycles. The van der Waals surface area contributed by atoms with Crippen molar-refractivity contribution in [1.29, 1.82) is 0 Å². The summed E-state index contributed by atoms with van der Waals surface area (Å²) < 4.78 is 26.0. The van der Waals surface area contributed by atoms with Crippen LogP contribution in [0.5, 0.6) is 0 Å². The molecule has 0 amide bonds. The van der Waals surface area contributed by atoms with E-state index in [9.17, 15) is 13.9 Å². The first kappa shape index (κ1) is 12.5. The molecule has 94 valence electrons. The molecule has 1 saturated carbocycles. The maximum Gasteiger partial charge on any atom is 0.130 e. The smallest absolute Gasteiger partial charge is 0.130 e. The highest BCUT2D eigenvalue weighted by Gasteiger charge is 2.18. The molecule has 1 aromatic carbocycles. The number of nitrogens with one attached hydrogen (secondary N) is 1. The van der Waals surface area contributed by atoms with E-state index >= 15 is 0 Å². The molecule has 0 aromatic heterocycles. The second-order valence-electron chi connectivity index (χ2n) is 4.62. The fraction of sp³-hybridized carbons (Fsp3) is 0.538. The van der Waals surface area contributed by atoms with Gasteiger partial charge in [-0.05, 0) is 31.7 Å². The molecule has 0 atom stereocenters. The fourth-order valence-corrected chi connectivity index (χ4v) is 2.20. The Morgan fingerprint density at radius 1 is 1.18 bits per heavy atom. The lowest BCUT2D eigenvalue weighted by Crippen LogP contribution is -2.34.